The summed E-state index contributed by atoms with van der Waals surface area (Å²) in [4.78, 5) is 23.4. The minimum Gasteiger partial charge on any atom is -0.384 e. The fraction of sp³-hybridized carbons (Fsp3) is 0.375. The first-order valence-corrected chi connectivity index (χ1v) is 6.88. The van der Waals surface area contributed by atoms with Gasteiger partial charge < -0.3 is 15.7 Å². The third-order valence-corrected chi connectivity index (χ3v) is 3.48. The van der Waals surface area contributed by atoms with Crippen LogP contribution >= 0.6 is 0 Å². The first kappa shape index (κ1) is 15.1. The lowest BCUT2D eigenvalue weighted by Crippen LogP contribution is -2.47. The number of amides is 2. The second-order valence-electron chi connectivity index (χ2n) is 4.95. The fourth-order valence-electron chi connectivity index (χ4n) is 2.27. The van der Waals surface area contributed by atoms with Gasteiger partial charge in [-0.1, -0.05) is 17.9 Å². The Kier molecular flexibility index (Phi) is 4.96. The molecule has 1 atom stereocenters. The van der Waals surface area contributed by atoms with Crippen molar-refractivity contribution in [2.75, 3.05) is 13.2 Å². The van der Waals surface area contributed by atoms with Gasteiger partial charge in [-0.15, -0.1) is 0 Å². The van der Waals surface area contributed by atoms with Gasteiger partial charge in [-0.2, -0.15) is 0 Å². The molecule has 0 radical (unpaired) electrons. The van der Waals surface area contributed by atoms with Crippen molar-refractivity contribution >= 4 is 11.8 Å². The maximum absolute atomic E-state index is 12.3. The molecule has 2 amide bonds. The Morgan fingerprint density at radius 3 is 3.00 bits per heavy atom. The number of benzene rings is 1. The molecule has 0 bridgehead atoms. The molecule has 1 aliphatic heterocycles. The van der Waals surface area contributed by atoms with Crippen molar-refractivity contribution in [2.45, 2.75) is 25.8 Å². The highest BCUT2D eigenvalue weighted by atomic mass is 16.2. The van der Waals surface area contributed by atoms with Crippen molar-refractivity contribution in [3.8, 4) is 11.8 Å². The SMILES string of the molecule is Cc1c(C#CCO)cccc1C(=O)NC1CCC(=O)NC1. The van der Waals surface area contributed by atoms with E-state index >= 15 is 0 Å². The van der Waals surface area contributed by atoms with E-state index in [1.807, 2.05) is 13.0 Å². The predicted molar refractivity (Wildman–Crippen MR) is 78.6 cm³/mol. The summed E-state index contributed by atoms with van der Waals surface area (Å²) < 4.78 is 0. The Hall–Kier alpha value is -2.32. The van der Waals surface area contributed by atoms with Crippen LogP contribution in [-0.2, 0) is 4.79 Å². The standard InChI is InChI=1S/C16H18N2O3/c1-11-12(5-3-9-19)4-2-6-14(11)16(21)18-13-7-8-15(20)17-10-13/h2,4,6,13,19H,7-10H2,1H3,(H,17,20)(H,18,21). The number of nitrogens with one attached hydrogen (secondary N) is 2. The van der Waals surface area contributed by atoms with Gasteiger partial charge in [0.05, 0.1) is 0 Å². The summed E-state index contributed by atoms with van der Waals surface area (Å²) in [5, 5.41) is 14.4. The van der Waals surface area contributed by atoms with Crippen LogP contribution in [-0.4, -0.2) is 36.1 Å². The number of hydrogen-bond donors (Lipinski definition) is 3. The van der Waals surface area contributed by atoms with Crippen molar-refractivity contribution in [3.05, 3.63) is 34.9 Å². The fourth-order valence-corrected chi connectivity index (χ4v) is 2.27. The molecule has 1 unspecified atom stereocenters. The topological polar surface area (TPSA) is 78.4 Å². The Balaban J connectivity index is 2.10. The normalized spacial score (nSPS) is 17.4. The van der Waals surface area contributed by atoms with Crippen LogP contribution in [0.3, 0.4) is 0 Å². The van der Waals surface area contributed by atoms with E-state index in [-0.39, 0.29) is 24.5 Å². The molecule has 110 valence electrons. The maximum atomic E-state index is 12.3. The van der Waals surface area contributed by atoms with Gasteiger partial charge >= 0.3 is 0 Å². The van der Waals surface area contributed by atoms with Gasteiger partial charge in [0.2, 0.25) is 5.91 Å². The maximum Gasteiger partial charge on any atom is 0.251 e. The second kappa shape index (κ2) is 6.91. The molecule has 1 heterocycles. The van der Waals surface area contributed by atoms with Crippen LogP contribution in [0.1, 0.15) is 34.3 Å². The summed E-state index contributed by atoms with van der Waals surface area (Å²) in [6.07, 6.45) is 1.09. The first-order chi connectivity index (χ1) is 10.1. The van der Waals surface area contributed by atoms with E-state index in [1.165, 1.54) is 0 Å². The number of piperidine rings is 1. The van der Waals surface area contributed by atoms with Gasteiger partial charge in [-0.25, -0.2) is 0 Å². The summed E-state index contributed by atoms with van der Waals surface area (Å²) in [7, 11) is 0. The van der Waals surface area contributed by atoms with Gasteiger partial charge in [-0.05, 0) is 31.0 Å². The summed E-state index contributed by atoms with van der Waals surface area (Å²) in [6.45, 7) is 2.09. The highest BCUT2D eigenvalue weighted by Gasteiger charge is 2.21. The smallest absolute Gasteiger partial charge is 0.251 e. The van der Waals surface area contributed by atoms with Gasteiger partial charge in [0, 0.05) is 30.1 Å². The van der Waals surface area contributed by atoms with E-state index in [0.29, 0.717) is 24.9 Å². The molecular formula is C16H18N2O3. The number of carbonyl (C=O) groups excluding carboxylic acids is 2. The minimum absolute atomic E-state index is 0.0259. The van der Waals surface area contributed by atoms with Crippen molar-refractivity contribution < 1.29 is 14.7 Å². The summed E-state index contributed by atoms with van der Waals surface area (Å²) in [6, 6.07) is 5.29. The van der Waals surface area contributed by atoms with Crippen LogP contribution < -0.4 is 10.6 Å². The third kappa shape index (κ3) is 3.83. The van der Waals surface area contributed by atoms with Crippen LogP contribution in [0, 0.1) is 18.8 Å². The molecule has 1 aromatic carbocycles. The zero-order valence-electron chi connectivity index (χ0n) is 11.9. The van der Waals surface area contributed by atoms with Crippen LogP contribution in [0.15, 0.2) is 18.2 Å². The number of carbonyl (C=O) groups is 2. The minimum atomic E-state index is -0.211. The molecular weight excluding hydrogens is 268 g/mol. The molecule has 0 spiro atoms. The van der Waals surface area contributed by atoms with E-state index in [1.54, 1.807) is 12.1 Å². The van der Waals surface area contributed by atoms with E-state index in [4.69, 9.17) is 5.11 Å². The predicted octanol–water partition coefficient (Wildman–Crippen LogP) is 0.347. The molecule has 1 saturated heterocycles. The lowest BCUT2D eigenvalue weighted by atomic mass is 10.0. The molecule has 3 N–H and O–H groups in total. The van der Waals surface area contributed by atoms with Crippen LogP contribution in [0.5, 0.6) is 0 Å². The van der Waals surface area contributed by atoms with Crippen molar-refractivity contribution in [3.63, 3.8) is 0 Å². The van der Waals surface area contributed by atoms with E-state index < -0.39 is 0 Å². The lowest BCUT2D eigenvalue weighted by Gasteiger charge is -2.23. The summed E-state index contributed by atoms with van der Waals surface area (Å²) in [5.41, 5.74) is 2.08. The zero-order chi connectivity index (χ0) is 15.2. The van der Waals surface area contributed by atoms with Crippen LogP contribution in [0.2, 0.25) is 0 Å². The molecule has 0 aliphatic carbocycles. The van der Waals surface area contributed by atoms with Gasteiger partial charge in [-0.3, -0.25) is 9.59 Å². The van der Waals surface area contributed by atoms with Crippen LogP contribution in [0.4, 0.5) is 0 Å². The molecule has 1 aliphatic rings. The number of rotatable bonds is 2. The van der Waals surface area contributed by atoms with E-state index in [9.17, 15) is 9.59 Å². The lowest BCUT2D eigenvalue weighted by molar-refractivity contribution is -0.122. The van der Waals surface area contributed by atoms with Crippen molar-refractivity contribution in [2.24, 2.45) is 0 Å². The Morgan fingerprint density at radius 1 is 1.52 bits per heavy atom. The second-order valence-corrected chi connectivity index (χ2v) is 4.95. The quantitative estimate of drug-likeness (QED) is 0.686. The largest absolute Gasteiger partial charge is 0.384 e. The van der Waals surface area contributed by atoms with E-state index in [0.717, 1.165) is 11.1 Å². The van der Waals surface area contributed by atoms with E-state index in [2.05, 4.69) is 22.5 Å². The van der Waals surface area contributed by atoms with Crippen LogP contribution in [0.25, 0.3) is 0 Å². The molecule has 1 aromatic rings. The average molecular weight is 286 g/mol. The molecule has 2 rings (SSSR count). The first-order valence-electron chi connectivity index (χ1n) is 6.88. The van der Waals surface area contributed by atoms with Gasteiger partial charge in [0.1, 0.15) is 6.61 Å². The highest BCUT2D eigenvalue weighted by Crippen LogP contribution is 2.14. The van der Waals surface area contributed by atoms with Gasteiger partial charge in [0.15, 0.2) is 0 Å². The molecule has 1 fully saturated rings. The molecule has 21 heavy (non-hydrogen) atoms. The number of aliphatic hydroxyl groups excluding tert-OH is 1. The monoisotopic (exact) mass is 286 g/mol. The molecule has 0 aromatic heterocycles. The molecule has 5 heteroatoms. The third-order valence-electron chi connectivity index (χ3n) is 3.48. The van der Waals surface area contributed by atoms with Crippen molar-refractivity contribution in [1.82, 2.24) is 10.6 Å². The highest BCUT2D eigenvalue weighted by molar-refractivity contribution is 5.96. The number of hydrogen-bond acceptors (Lipinski definition) is 3. The van der Waals surface area contributed by atoms with Gasteiger partial charge in [0.25, 0.3) is 5.91 Å². The summed E-state index contributed by atoms with van der Waals surface area (Å²) in [5.74, 6) is 5.27. The Morgan fingerprint density at radius 2 is 2.33 bits per heavy atom. The molecule has 0 saturated carbocycles. The zero-order valence-corrected chi connectivity index (χ0v) is 11.9. The average Bonchev–Trinajstić information content (AvgIpc) is 2.48. The molecule has 5 nitrogen and oxygen atoms in total. The Bertz CT molecular complexity index is 604. The van der Waals surface area contributed by atoms with Crippen molar-refractivity contribution in [1.29, 1.82) is 0 Å². The summed E-state index contributed by atoms with van der Waals surface area (Å²) >= 11 is 0. The Labute approximate surface area is 123 Å². The number of aliphatic hydroxyl groups is 1.